The molecule has 0 aliphatic heterocycles. The van der Waals surface area contributed by atoms with Crippen molar-refractivity contribution < 1.29 is 9.53 Å². The third-order valence-corrected chi connectivity index (χ3v) is 3.08. The minimum atomic E-state index is -0.313. The summed E-state index contributed by atoms with van der Waals surface area (Å²) in [6.07, 6.45) is 0. The van der Waals surface area contributed by atoms with E-state index in [0.717, 1.165) is 10.2 Å². The molecule has 0 radical (unpaired) electrons. The van der Waals surface area contributed by atoms with Crippen molar-refractivity contribution >= 4 is 21.8 Å². The molecule has 100 valence electrons. The van der Waals surface area contributed by atoms with Crippen LogP contribution in [0.1, 0.15) is 13.8 Å². The molecule has 0 atom stereocenters. The van der Waals surface area contributed by atoms with Gasteiger partial charge in [0.15, 0.2) is 0 Å². The lowest BCUT2D eigenvalue weighted by Gasteiger charge is -2.24. The monoisotopic (exact) mass is 314 g/mol. The Morgan fingerprint density at radius 1 is 1.39 bits per heavy atom. The Bertz CT molecular complexity index is 379. The van der Waals surface area contributed by atoms with E-state index in [4.69, 9.17) is 10.5 Å². The van der Waals surface area contributed by atoms with E-state index in [-0.39, 0.29) is 18.5 Å². The van der Waals surface area contributed by atoms with Crippen molar-refractivity contribution in [3.8, 4) is 5.75 Å². The summed E-state index contributed by atoms with van der Waals surface area (Å²) in [4.78, 5) is 12.9. The second-order valence-corrected chi connectivity index (χ2v) is 5.25. The third-order valence-electron chi connectivity index (χ3n) is 2.55. The smallest absolute Gasteiger partial charge is 0.231 e. The van der Waals surface area contributed by atoms with Crippen LogP contribution in [0.3, 0.4) is 0 Å². The molecular weight excluding hydrogens is 296 g/mol. The van der Waals surface area contributed by atoms with Crippen molar-refractivity contribution in [2.45, 2.75) is 19.9 Å². The van der Waals surface area contributed by atoms with Crippen LogP contribution in [0.25, 0.3) is 0 Å². The molecule has 5 heteroatoms. The van der Waals surface area contributed by atoms with Crippen molar-refractivity contribution in [1.29, 1.82) is 0 Å². The lowest BCUT2D eigenvalue weighted by molar-refractivity contribution is -0.119. The van der Waals surface area contributed by atoms with E-state index >= 15 is 0 Å². The average Bonchev–Trinajstić information content (AvgIpc) is 2.29. The number of halogens is 1. The van der Waals surface area contributed by atoms with Gasteiger partial charge in [-0.1, -0.05) is 15.9 Å². The van der Waals surface area contributed by atoms with Crippen molar-refractivity contribution in [2.75, 3.05) is 19.7 Å². The highest BCUT2D eigenvalue weighted by Gasteiger charge is 2.11. The largest absolute Gasteiger partial charge is 0.492 e. The highest BCUT2D eigenvalue weighted by atomic mass is 79.9. The number of ether oxygens (including phenoxy) is 1. The topological polar surface area (TPSA) is 55.6 Å². The molecule has 2 N–H and O–H groups in total. The molecule has 0 bridgehead atoms. The van der Waals surface area contributed by atoms with Gasteiger partial charge < -0.3 is 10.5 Å². The first kappa shape index (κ1) is 15.0. The molecule has 0 aromatic heterocycles. The van der Waals surface area contributed by atoms with E-state index in [1.54, 1.807) is 0 Å². The van der Waals surface area contributed by atoms with Crippen molar-refractivity contribution in [2.24, 2.45) is 5.73 Å². The molecule has 1 aromatic rings. The first-order valence-electron chi connectivity index (χ1n) is 5.89. The van der Waals surface area contributed by atoms with Crippen LogP contribution in [0.4, 0.5) is 0 Å². The van der Waals surface area contributed by atoms with Gasteiger partial charge in [-0.05, 0) is 38.1 Å². The molecule has 4 nitrogen and oxygen atoms in total. The van der Waals surface area contributed by atoms with Crippen LogP contribution in [0.2, 0.25) is 0 Å². The number of carbonyl (C=O) groups is 1. The lowest BCUT2D eigenvalue weighted by Crippen LogP contribution is -2.40. The number of hydrogen-bond donors (Lipinski definition) is 1. The van der Waals surface area contributed by atoms with E-state index in [1.165, 1.54) is 0 Å². The first-order chi connectivity index (χ1) is 8.49. The second kappa shape index (κ2) is 7.38. The Labute approximate surface area is 116 Å². The van der Waals surface area contributed by atoms with Crippen LogP contribution in [-0.4, -0.2) is 36.5 Å². The van der Waals surface area contributed by atoms with Gasteiger partial charge in [0.25, 0.3) is 0 Å². The van der Waals surface area contributed by atoms with E-state index < -0.39 is 0 Å². The number of nitrogens with zero attached hydrogens (tertiary/aromatic N) is 1. The minimum absolute atomic E-state index is 0.265. The fourth-order valence-electron chi connectivity index (χ4n) is 1.53. The van der Waals surface area contributed by atoms with Gasteiger partial charge in [-0.2, -0.15) is 0 Å². The molecule has 1 rings (SSSR count). The van der Waals surface area contributed by atoms with Gasteiger partial charge in [-0.3, -0.25) is 9.69 Å². The minimum Gasteiger partial charge on any atom is -0.492 e. The zero-order valence-electron chi connectivity index (χ0n) is 10.7. The number of benzene rings is 1. The van der Waals surface area contributed by atoms with Gasteiger partial charge in [-0.25, -0.2) is 0 Å². The van der Waals surface area contributed by atoms with Gasteiger partial charge in [0.1, 0.15) is 12.4 Å². The third kappa shape index (κ3) is 5.51. The van der Waals surface area contributed by atoms with Gasteiger partial charge in [0, 0.05) is 17.1 Å². The highest BCUT2D eigenvalue weighted by molar-refractivity contribution is 9.10. The molecule has 0 heterocycles. The number of hydrogen-bond acceptors (Lipinski definition) is 3. The molecule has 1 aromatic carbocycles. The maximum Gasteiger partial charge on any atom is 0.231 e. The molecule has 0 aliphatic carbocycles. The van der Waals surface area contributed by atoms with Crippen LogP contribution in [0.15, 0.2) is 28.7 Å². The standard InChI is InChI=1S/C13H19BrN2O2/c1-10(2)16(9-13(15)17)7-8-18-12-5-3-11(14)4-6-12/h3-6,10H,7-9H2,1-2H3,(H2,15,17). The number of nitrogens with two attached hydrogens (primary N) is 1. The molecular formula is C13H19BrN2O2. The molecule has 0 saturated heterocycles. The normalized spacial score (nSPS) is 10.9. The van der Waals surface area contributed by atoms with Crippen LogP contribution in [0, 0.1) is 0 Å². The quantitative estimate of drug-likeness (QED) is 0.837. The van der Waals surface area contributed by atoms with Gasteiger partial charge in [0.05, 0.1) is 6.54 Å². The number of carbonyl (C=O) groups excluding carboxylic acids is 1. The lowest BCUT2D eigenvalue weighted by atomic mass is 10.3. The van der Waals surface area contributed by atoms with Crippen molar-refractivity contribution in [3.63, 3.8) is 0 Å². The van der Waals surface area contributed by atoms with E-state index in [1.807, 2.05) is 43.0 Å². The fourth-order valence-corrected chi connectivity index (χ4v) is 1.80. The number of amides is 1. The Morgan fingerprint density at radius 2 is 2.00 bits per heavy atom. The fraction of sp³-hybridized carbons (Fsp3) is 0.462. The Morgan fingerprint density at radius 3 is 2.50 bits per heavy atom. The summed E-state index contributed by atoms with van der Waals surface area (Å²) in [5, 5.41) is 0. The van der Waals surface area contributed by atoms with Gasteiger partial charge >= 0.3 is 0 Å². The van der Waals surface area contributed by atoms with E-state index in [2.05, 4.69) is 15.9 Å². The van der Waals surface area contributed by atoms with Gasteiger partial charge in [-0.15, -0.1) is 0 Å². The molecule has 0 aliphatic rings. The molecule has 1 amide bonds. The maximum absolute atomic E-state index is 10.9. The predicted octanol–water partition coefficient (Wildman–Crippen LogP) is 2.02. The van der Waals surface area contributed by atoms with Crippen molar-refractivity contribution in [1.82, 2.24) is 4.90 Å². The molecule has 0 saturated carbocycles. The Balaban J connectivity index is 2.38. The summed E-state index contributed by atoms with van der Waals surface area (Å²) >= 11 is 3.37. The van der Waals surface area contributed by atoms with E-state index in [0.29, 0.717) is 13.2 Å². The van der Waals surface area contributed by atoms with E-state index in [9.17, 15) is 4.79 Å². The first-order valence-corrected chi connectivity index (χ1v) is 6.69. The van der Waals surface area contributed by atoms with Crippen LogP contribution in [0.5, 0.6) is 5.75 Å². The van der Waals surface area contributed by atoms with Crippen LogP contribution < -0.4 is 10.5 Å². The Hall–Kier alpha value is -1.07. The summed E-state index contributed by atoms with van der Waals surface area (Å²) in [5.41, 5.74) is 5.20. The summed E-state index contributed by atoms with van der Waals surface area (Å²) in [7, 11) is 0. The Kier molecular flexibility index (Phi) is 6.15. The molecule has 18 heavy (non-hydrogen) atoms. The zero-order chi connectivity index (χ0) is 13.5. The van der Waals surface area contributed by atoms with Crippen LogP contribution in [-0.2, 0) is 4.79 Å². The maximum atomic E-state index is 10.9. The van der Waals surface area contributed by atoms with Gasteiger partial charge in [0.2, 0.25) is 5.91 Å². The zero-order valence-corrected chi connectivity index (χ0v) is 12.3. The second-order valence-electron chi connectivity index (χ2n) is 4.33. The average molecular weight is 315 g/mol. The van der Waals surface area contributed by atoms with Crippen molar-refractivity contribution in [3.05, 3.63) is 28.7 Å². The molecule has 0 fully saturated rings. The van der Waals surface area contributed by atoms with Crippen LogP contribution >= 0.6 is 15.9 Å². The molecule has 0 spiro atoms. The summed E-state index contributed by atoms with van der Waals surface area (Å²) in [6, 6.07) is 7.93. The summed E-state index contributed by atoms with van der Waals surface area (Å²) < 4.78 is 6.63. The summed E-state index contributed by atoms with van der Waals surface area (Å²) in [6.45, 7) is 5.54. The predicted molar refractivity (Wildman–Crippen MR) is 75.5 cm³/mol. The SMILES string of the molecule is CC(C)N(CCOc1ccc(Br)cc1)CC(N)=O. The number of rotatable bonds is 7. The highest BCUT2D eigenvalue weighted by Crippen LogP contribution is 2.16. The summed E-state index contributed by atoms with van der Waals surface area (Å²) in [5.74, 6) is 0.508. The number of primary amides is 1. The molecule has 0 unspecified atom stereocenters.